The van der Waals surface area contributed by atoms with Gasteiger partial charge in [0.2, 0.25) is 0 Å². The van der Waals surface area contributed by atoms with Crippen LogP contribution < -0.4 is 4.74 Å². The Morgan fingerprint density at radius 2 is 1.65 bits per heavy atom. The van der Waals surface area contributed by atoms with E-state index in [4.69, 9.17) is 9.47 Å². The smallest absolute Gasteiger partial charge is 0.124 e. The highest BCUT2D eigenvalue weighted by atomic mass is 16.5. The fraction of sp³-hybridized carbons (Fsp3) is 0.294. The van der Waals surface area contributed by atoms with Gasteiger partial charge in [-0.25, -0.2) is 0 Å². The zero-order valence-corrected chi connectivity index (χ0v) is 11.8. The van der Waals surface area contributed by atoms with Crippen molar-refractivity contribution in [3.8, 4) is 5.75 Å². The highest BCUT2D eigenvalue weighted by molar-refractivity contribution is 5.37. The van der Waals surface area contributed by atoms with Crippen LogP contribution in [0.15, 0.2) is 54.6 Å². The molecule has 2 atom stereocenters. The van der Waals surface area contributed by atoms with E-state index in [0.29, 0.717) is 12.4 Å². The number of para-hydroxylation sites is 1. The molecular weight excluding hydrogens is 252 g/mol. The molecule has 0 heterocycles. The van der Waals surface area contributed by atoms with Crippen LogP contribution in [0.2, 0.25) is 0 Å². The van der Waals surface area contributed by atoms with E-state index in [9.17, 15) is 5.11 Å². The van der Waals surface area contributed by atoms with Gasteiger partial charge < -0.3 is 14.6 Å². The summed E-state index contributed by atoms with van der Waals surface area (Å²) in [5.41, 5.74) is 1.69. The minimum atomic E-state index is -0.770. The third kappa shape index (κ3) is 3.18. The quantitative estimate of drug-likeness (QED) is 0.874. The molecule has 3 nitrogen and oxygen atoms in total. The predicted octanol–water partition coefficient (Wildman–Crippen LogP) is 3.51. The van der Waals surface area contributed by atoms with Crippen molar-refractivity contribution in [1.82, 2.24) is 0 Å². The largest absolute Gasteiger partial charge is 0.496 e. The van der Waals surface area contributed by atoms with Crippen LogP contribution in [0.4, 0.5) is 0 Å². The molecule has 0 amide bonds. The first kappa shape index (κ1) is 14.6. The standard InChI is InChI=1S/C17H20O3/c1-3-20-17(13-9-5-4-6-10-13)16(18)14-11-7-8-12-15(14)19-2/h4-12,16-18H,3H2,1-2H3. The molecule has 2 unspecified atom stereocenters. The van der Waals surface area contributed by atoms with Gasteiger partial charge in [-0.15, -0.1) is 0 Å². The summed E-state index contributed by atoms with van der Waals surface area (Å²) in [6.07, 6.45) is -1.18. The van der Waals surface area contributed by atoms with Gasteiger partial charge in [-0.2, -0.15) is 0 Å². The van der Waals surface area contributed by atoms with Gasteiger partial charge in [0.15, 0.2) is 0 Å². The van der Waals surface area contributed by atoms with Crippen molar-refractivity contribution in [2.24, 2.45) is 0 Å². The maximum absolute atomic E-state index is 10.7. The topological polar surface area (TPSA) is 38.7 Å². The Hall–Kier alpha value is -1.84. The summed E-state index contributed by atoms with van der Waals surface area (Å²) >= 11 is 0. The molecule has 0 bridgehead atoms. The lowest BCUT2D eigenvalue weighted by atomic mass is 9.97. The third-order valence-electron chi connectivity index (χ3n) is 3.22. The summed E-state index contributed by atoms with van der Waals surface area (Å²) < 4.78 is 11.1. The number of methoxy groups -OCH3 is 1. The summed E-state index contributed by atoms with van der Waals surface area (Å²) in [4.78, 5) is 0. The van der Waals surface area contributed by atoms with Crippen LogP contribution >= 0.6 is 0 Å². The van der Waals surface area contributed by atoms with E-state index in [1.54, 1.807) is 7.11 Å². The number of benzene rings is 2. The molecule has 3 heteroatoms. The first-order valence-electron chi connectivity index (χ1n) is 6.75. The number of hydrogen-bond acceptors (Lipinski definition) is 3. The average molecular weight is 272 g/mol. The normalized spacial score (nSPS) is 13.8. The summed E-state index contributed by atoms with van der Waals surface area (Å²) in [6, 6.07) is 17.2. The molecule has 0 aliphatic rings. The van der Waals surface area contributed by atoms with Crippen LogP contribution in [-0.4, -0.2) is 18.8 Å². The van der Waals surface area contributed by atoms with E-state index in [1.807, 2.05) is 61.5 Å². The molecule has 20 heavy (non-hydrogen) atoms. The van der Waals surface area contributed by atoms with E-state index in [0.717, 1.165) is 11.1 Å². The molecule has 0 saturated heterocycles. The second-order valence-corrected chi connectivity index (χ2v) is 4.47. The SMILES string of the molecule is CCOC(c1ccccc1)C(O)c1ccccc1OC. The van der Waals surface area contributed by atoms with Gasteiger partial charge in [0.25, 0.3) is 0 Å². The highest BCUT2D eigenvalue weighted by Crippen LogP contribution is 2.36. The molecule has 2 aromatic rings. The predicted molar refractivity (Wildman–Crippen MR) is 78.8 cm³/mol. The van der Waals surface area contributed by atoms with Gasteiger partial charge in [0.05, 0.1) is 7.11 Å². The third-order valence-corrected chi connectivity index (χ3v) is 3.22. The Kier molecular flexibility index (Phi) is 5.16. The molecule has 0 spiro atoms. The molecule has 106 valence electrons. The Morgan fingerprint density at radius 3 is 2.30 bits per heavy atom. The number of ether oxygens (including phenoxy) is 2. The first-order chi connectivity index (χ1) is 9.77. The van der Waals surface area contributed by atoms with Crippen molar-refractivity contribution >= 4 is 0 Å². The molecule has 0 aromatic heterocycles. The number of rotatable bonds is 6. The van der Waals surface area contributed by atoms with Crippen LogP contribution in [0.1, 0.15) is 30.3 Å². The van der Waals surface area contributed by atoms with Crippen molar-refractivity contribution in [2.75, 3.05) is 13.7 Å². The van der Waals surface area contributed by atoms with Crippen molar-refractivity contribution < 1.29 is 14.6 Å². The highest BCUT2D eigenvalue weighted by Gasteiger charge is 2.25. The van der Waals surface area contributed by atoms with Crippen LogP contribution in [0.25, 0.3) is 0 Å². The fourth-order valence-electron chi connectivity index (χ4n) is 2.27. The zero-order chi connectivity index (χ0) is 14.4. The van der Waals surface area contributed by atoms with Crippen molar-refractivity contribution in [3.05, 3.63) is 65.7 Å². The van der Waals surface area contributed by atoms with Gasteiger partial charge in [-0.05, 0) is 18.6 Å². The van der Waals surface area contributed by atoms with Crippen molar-refractivity contribution in [3.63, 3.8) is 0 Å². The second kappa shape index (κ2) is 7.08. The Bertz CT molecular complexity index is 525. The number of aliphatic hydroxyl groups is 1. The minimum absolute atomic E-state index is 0.405. The van der Waals surface area contributed by atoms with E-state index in [1.165, 1.54) is 0 Å². The summed E-state index contributed by atoms with van der Waals surface area (Å²) in [6.45, 7) is 2.46. The summed E-state index contributed by atoms with van der Waals surface area (Å²) in [5, 5.41) is 10.7. The molecule has 0 aliphatic carbocycles. The van der Waals surface area contributed by atoms with Crippen molar-refractivity contribution in [1.29, 1.82) is 0 Å². The monoisotopic (exact) mass is 272 g/mol. The Balaban J connectivity index is 2.34. The Labute approximate surface area is 119 Å². The van der Waals surface area contributed by atoms with Gasteiger partial charge in [0.1, 0.15) is 18.0 Å². The van der Waals surface area contributed by atoms with Crippen LogP contribution in [0.5, 0.6) is 5.75 Å². The molecular formula is C17H20O3. The second-order valence-electron chi connectivity index (χ2n) is 4.47. The fourth-order valence-corrected chi connectivity index (χ4v) is 2.27. The van der Waals surface area contributed by atoms with Crippen LogP contribution in [0, 0.1) is 0 Å². The molecule has 0 saturated carbocycles. The molecule has 2 rings (SSSR count). The number of aliphatic hydroxyl groups excluding tert-OH is 1. The lowest BCUT2D eigenvalue weighted by molar-refractivity contribution is -0.0369. The maximum atomic E-state index is 10.7. The van der Waals surface area contributed by atoms with E-state index >= 15 is 0 Å². The minimum Gasteiger partial charge on any atom is -0.496 e. The van der Waals surface area contributed by atoms with E-state index in [2.05, 4.69) is 0 Å². The molecule has 0 radical (unpaired) electrons. The van der Waals surface area contributed by atoms with E-state index < -0.39 is 12.2 Å². The van der Waals surface area contributed by atoms with Crippen LogP contribution in [-0.2, 0) is 4.74 Å². The molecule has 0 fully saturated rings. The Morgan fingerprint density at radius 1 is 1.00 bits per heavy atom. The summed E-state index contributed by atoms with van der Waals surface area (Å²) in [7, 11) is 1.60. The maximum Gasteiger partial charge on any atom is 0.124 e. The molecule has 2 aromatic carbocycles. The lowest BCUT2D eigenvalue weighted by Gasteiger charge is -2.24. The first-order valence-corrected chi connectivity index (χ1v) is 6.75. The van der Waals surface area contributed by atoms with Gasteiger partial charge in [-0.3, -0.25) is 0 Å². The van der Waals surface area contributed by atoms with E-state index in [-0.39, 0.29) is 0 Å². The van der Waals surface area contributed by atoms with Crippen LogP contribution in [0.3, 0.4) is 0 Å². The lowest BCUT2D eigenvalue weighted by Crippen LogP contribution is -2.15. The van der Waals surface area contributed by atoms with Gasteiger partial charge in [-0.1, -0.05) is 48.5 Å². The zero-order valence-electron chi connectivity index (χ0n) is 11.8. The van der Waals surface area contributed by atoms with Gasteiger partial charge >= 0.3 is 0 Å². The summed E-state index contributed by atoms with van der Waals surface area (Å²) in [5.74, 6) is 0.667. The number of hydrogen-bond donors (Lipinski definition) is 1. The van der Waals surface area contributed by atoms with Gasteiger partial charge in [0, 0.05) is 12.2 Å². The molecule has 1 N–H and O–H groups in total. The average Bonchev–Trinajstić information content (AvgIpc) is 2.52. The molecule has 0 aliphatic heterocycles. The van der Waals surface area contributed by atoms with Crippen molar-refractivity contribution in [2.45, 2.75) is 19.1 Å².